The van der Waals surface area contributed by atoms with Gasteiger partial charge in [-0.1, -0.05) is 41.4 Å². The lowest BCUT2D eigenvalue weighted by molar-refractivity contribution is -0.126. The highest BCUT2D eigenvalue weighted by Crippen LogP contribution is 2.35. The zero-order chi connectivity index (χ0) is 13.3. The summed E-state index contributed by atoms with van der Waals surface area (Å²) in [7, 11) is -3.96. The predicted molar refractivity (Wildman–Crippen MR) is 63.1 cm³/mol. The van der Waals surface area contributed by atoms with E-state index < -0.39 is 21.5 Å². The molecule has 8 heteroatoms. The smallest absolute Gasteiger partial charge is 0.267 e. The van der Waals surface area contributed by atoms with Gasteiger partial charge >= 0.3 is 0 Å². The maximum Gasteiger partial charge on any atom is 0.267 e. The van der Waals surface area contributed by atoms with Crippen LogP contribution in [0.15, 0.2) is 24.3 Å². The Bertz CT molecular complexity index is 500. The fourth-order valence-corrected chi connectivity index (χ4v) is 2.17. The summed E-state index contributed by atoms with van der Waals surface area (Å²) in [5.74, 6) is 0. The molecule has 5 nitrogen and oxygen atoms in total. The van der Waals surface area contributed by atoms with Gasteiger partial charge in [-0.05, 0) is 6.07 Å². The highest BCUT2D eigenvalue weighted by Gasteiger charge is 2.40. The zero-order valence-electron chi connectivity index (χ0n) is 8.67. The van der Waals surface area contributed by atoms with Gasteiger partial charge in [0, 0.05) is 10.6 Å². The van der Waals surface area contributed by atoms with E-state index in [1.165, 1.54) is 18.2 Å². The molecule has 0 fully saturated rings. The number of aliphatic hydroxyl groups is 2. The van der Waals surface area contributed by atoms with Crippen molar-refractivity contribution in [3.05, 3.63) is 34.9 Å². The maximum atomic E-state index is 10.8. The topological polar surface area (TPSA) is 83.8 Å². The number of alkyl halides is 1. The third-order valence-corrected chi connectivity index (χ3v) is 3.10. The molecule has 2 N–H and O–H groups in total. The molecule has 1 aromatic rings. The molecule has 0 aliphatic rings. The predicted octanol–water partition coefficient (Wildman–Crippen LogP) is 1.02. The second-order valence-corrected chi connectivity index (χ2v) is 5.89. The molecule has 2 unspecified atom stereocenters. The molecule has 17 heavy (non-hydrogen) atoms. The lowest BCUT2D eigenvalue weighted by atomic mass is 10.1. The first-order valence-corrected chi connectivity index (χ1v) is 6.94. The molecule has 1 rings (SSSR count). The molecular formula is C9H10Cl2O5S. The molecule has 1 aromatic carbocycles. The van der Waals surface area contributed by atoms with E-state index in [0.717, 1.165) is 6.26 Å². The van der Waals surface area contributed by atoms with Crippen LogP contribution in [0.2, 0.25) is 5.02 Å². The Kier molecular flexibility index (Phi) is 4.40. The summed E-state index contributed by atoms with van der Waals surface area (Å²) in [4.78, 5) is 0. The highest BCUT2D eigenvalue weighted by molar-refractivity contribution is 7.86. The fourth-order valence-electron chi connectivity index (χ4n) is 1.11. The molecule has 0 spiro atoms. The minimum atomic E-state index is -3.96. The number of aliphatic hydroxyl groups excluding tert-OH is 1. The Morgan fingerprint density at radius 1 is 1.41 bits per heavy atom. The van der Waals surface area contributed by atoms with Crippen molar-refractivity contribution < 1.29 is 22.8 Å². The van der Waals surface area contributed by atoms with Crippen molar-refractivity contribution in [2.24, 2.45) is 0 Å². The number of hydrogen-bond donors (Lipinski definition) is 2. The first-order valence-electron chi connectivity index (χ1n) is 4.37. The van der Waals surface area contributed by atoms with Gasteiger partial charge in [-0.15, -0.1) is 0 Å². The Labute approximate surface area is 109 Å². The van der Waals surface area contributed by atoms with Crippen LogP contribution in [0, 0.1) is 0 Å². The molecule has 0 aromatic heterocycles. The van der Waals surface area contributed by atoms with Crippen molar-refractivity contribution in [1.82, 2.24) is 0 Å². The standard InChI is InChI=1S/C9H10Cl2O5S/c1-17(14,15)16-8(12)9(11,13)6-4-2-3-5-7(6)10/h2-5,8,12-13H,1H3. The van der Waals surface area contributed by atoms with Crippen LogP contribution in [0.3, 0.4) is 0 Å². The Morgan fingerprint density at radius 2 is 1.94 bits per heavy atom. The van der Waals surface area contributed by atoms with E-state index >= 15 is 0 Å². The van der Waals surface area contributed by atoms with E-state index in [2.05, 4.69) is 4.18 Å². The maximum absolute atomic E-state index is 10.8. The Balaban J connectivity index is 3.07. The molecule has 2 atom stereocenters. The first kappa shape index (κ1) is 14.7. The largest absolute Gasteiger partial charge is 0.367 e. The van der Waals surface area contributed by atoms with E-state index in [1.807, 2.05) is 0 Å². The molecular weight excluding hydrogens is 291 g/mol. The van der Waals surface area contributed by atoms with Gasteiger partial charge in [0.05, 0.1) is 6.26 Å². The van der Waals surface area contributed by atoms with E-state index in [9.17, 15) is 18.6 Å². The van der Waals surface area contributed by atoms with Gasteiger partial charge in [-0.25, -0.2) is 4.18 Å². The van der Waals surface area contributed by atoms with Crippen molar-refractivity contribution >= 4 is 33.3 Å². The van der Waals surface area contributed by atoms with Crippen LogP contribution < -0.4 is 0 Å². The molecule has 0 amide bonds. The Morgan fingerprint density at radius 3 is 2.41 bits per heavy atom. The zero-order valence-corrected chi connectivity index (χ0v) is 11.0. The molecule has 96 valence electrons. The van der Waals surface area contributed by atoms with Gasteiger partial charge < -0.3 is 10.2 Å². The van der Waals surface area contributed by atoms with Crippen LogP contribution >= 0.6 is 23.2 Å². The number of halogens is 2. The molecule has 0 radical (unpaired) electrons. The summed E-state index contributed by atoms with van der Waals surface area (Å²) in [6.45, 7) is 0. The van der Waals surface area contributed by atoms with Crippen LogP contribution in [0.25, 0.3) is 0 Å². The average molecular weight is 301 g/mol. The molecule has 0 aliphatic heterocycles. The van der Waals surface area contributed by atoms with E-state index in [0.29, 0.717) is 0 Å². The summed E-state index contributed by atoms with van der Waals surface area (Å²) in [5.41, 5.74) is -0.0560. The third kappa shape index (κ3) is 3.80. The number of hydrogen-bond acceptors (Lipinski definition) is 5. The van der Waals surface area contributed by atoms with Gasteiger partial charge in [-0.3, -0.25) is 0 Å². The van der Waals surface area contributed by atoms with Crippen molar-refractivity contribution in [1.29, 1.82) is 0 Å². The van der Waals surface area contributed by atoms with Crippen LogP contribution in [0.1, 0.15) is 5.56 Å². The fraction of sp³-hybridized carbons (Fsp3) is 0.333. The minimum absolute atomic E-state index is 0.0560. The van der Waals surface area contributed by atoms with Crippen LogP contribution in [-0.2, 0) is 19.4 Å². The summed E-state index contributed by atoms with van der Waals surface area (Å²) >= 11 is 11.4. The average Bonchev–Trinajstić information content (AvgIpc) is 2.15. The first-order chi connectivity index (χ1) is 7.64. The third-order valence-electron chi connectivity index (χ3n) is 1.84. The van der Waals surface area contributed by atoms with Crippen LogP contribution in [0.4, 0.5) is 0 Å². The van der Waals surface area contributed by atoms with Crippen LogP contribution in [-0.4, -0.2) is 31.2 Å². The van der Waals surface area contributed by atoms with Gasteiger partial charge in [-0.2, -0.15) is 8.42 Å². The Hall–Kier alpha value is -0.370. The molecule has 0 bridgehead atoms. The number of benzene rings is 1. The lowest BCUT2D eigenvalue weighted by Crippen LogP contribution is -2.37. The van der Waals surface area contributed by atoms with Crippen molar-refractivity contribution in [2.45, 2.75) is 11.4 Å². The van der Waals surface area contributed by atoms with Gasteiger partial charge in [0.15, 0.2) is 0 Å². The lowest BCUT2D eigenvalue weighted by Gasteiger charge is -2.26. The number of rotatable bonds is 4. The molecule has 0 saturated carbocycles. The van der Waals surface area contributed by atoms with E-state index in [-0.39, 0.29) is 10.6 Å². The van der Waals surface area contributed by atoms with E-state index in [4.69, 9.17) is 23.2 Å². The minimum Gasteiger partial charge on any atom is -0.367 e. The monoisotopic (exact) mass is 300 g/mol. The van der Waals surface area contributed by atoms with Crippen LogP contribution in [0.5, 0.6) is 0 Å². The summed E-state index contributed by atoms with van der Waals surface area (Å²) in [5, 5.41) is 16.9. The second kappa shape index (κ2) is 5.09. The quantitative estimate of drug-likeness (QED) is 0.493. The van der Waals surface area contributed by atoms with Gasteiger partial charge in [0.25, 0.3) is 10.1 Å². The highest BCUT2D eigenvalue weighted by atomic mass is 35.5. The summed E-state index contributed by atoms with van der Waals surface area (Å²) in [6.07, 6.45) is -1.45. The summed E-state index contributed by atoms with van der Waals surface area (Å²) in [6, 6.07) is 5.87. The molecule has 0 heterocycles. The molecule has 0 aliphatic carbocycles. The van der Waals surface area contributed by atoms with Gasteiger partial charge in [0.2, 0.25) is 11.4 Å². The second-order valence-electron chi connectivity index (χ2n) is 3.31. The van der Waals surface area contributed by atoms with Crippen molar-refractivity contribution in [3.63, 3.8) is 0 Å². The molecule has 0 saturated heterocycles. The van der Waals surface area contributed by atoms with Crippen molar-refractivity contribution in [2.75, 3.05) is 6.26 Å². The van der Waals surface area contributed by atoms with Crippen molar-refractivity contribution in [3.8, 4) is 0 Å². The normalized spacial score (nSPS) is 17.5. The van der Waals surface area contributed by atoms with E-state index in [1.54, 1.807) is 6.07 Å². The van der Waals surface area contributed by atoms with Gasteiger partial charge in [0.1, 0.15) is 0 Å². The SMILES string of the molecule is CS(=O)(=O)OC(O)C(O)(Cl)c1ccccc1Cl. The summed E-state index contributed by atoms with van der Waals surface area (Å²) < 4.78 is 25.8.